The Balaban J connectivity index is 0.00000261. The lowest BCUT2D eigenvalue weighted by molar-refractivity contribution is 0.0776. The molecule has 2 aromatic rings. The van der Waals surface area contributed by atoms with Crippen molar-refractivity contribution >= 4 is 24.0 Å². The number of para-hydroxylation sites is 1. The maximum atomic E-state index is 12.5. The first-order valence-corrected chi connectivity index (χ1v) is 9.24. The lowest BCUT2D eigenvalue weighted by Gasteiger charge is -2.36. The Morgan fingerprint density at radius 2 is 1.63 bits per heavy atom. The zero-order valence-electron chi connectivity index (χ0n) is 15.9. The Morgan fingerprint density at radius 3 is 2.22 bits per heavy atom. The van der Waals surface area contributed by atoms with E-state index in [0.29, 0.717) is 6.54 Å². The lowest BCUT2D eigenvalue weighted by Crippen LogP contribution is -2.48. The number of hydrogen-bond acceptors (Lipinski definition) is 4. The second-order valence-electron chi connectivity index (χ2n) is 6.79. The van der Waals surface area contributed by atoms with E-state index in [-0.39, 0.29) is 18.3 Å². The Morgan fingerprint density at radius 1 is 1.00 bits per heavy atom. The second kappa shape index (κ2) is 10.3. The van der Waals surface area contributed by atoms with Crippen LogP contribution in [0, 0.1) is 0 Å². The van der Waals surface area contributed by atoms with Crippen LogP contribution in [-0.4, -0.2) is 62.0 Å². The molecule has 6 heteroatoms. The molecule has 27 heavy (non-hydrogen) atoms. The average molecular weight is 389 g/mol. The van der Waals surface area contributed by atoms with Crippen molar-refractivity contribution in [2.24, 2.45) is 5.73 Å². The summed E-state index contributed by atoms with van der Waals surface area (Å²) in [7, 11) is 1.87. The molecule has 1 amide bonds. The number of piperazine rings is 1. The Labute approximate surface area is 168 Å². The van der Waals surface area contributed by atoms with Crippen molar-refractivity contribution in [2.45, 2.75) is 6.54 Å². The fourth-order valence-corrected chi connectivity index (χ4v) is 3.27. The number of benzene rings is 2. The molecule has 1 heterocycles. The minimum Gasteiger partial charge on any atom is -0.369 e. The molecule has 5 nitrogen and oxygen atoms in total. The molecule has 0 spiro atoms. The van der Waals surface area contributed by atoms with Crippen LogP contribution in [-0.2, 0) is 6.54 Å². The smallest absolute Gasteiger partial charge is 0.253 e. The maximum Gasteiger partial charge on any atom is 0.253 e. The van der Waals surface area contributed by atoms with Crippen molar-refractivity contribution in [2.75, 3.05) is 51.2 Å². The van der Waals surface area contributed by atoms with Crippen LogP contribution in [0.25, 0.3) is 0 Å². The summed E-state index contributed by atoms with van der Waals surface area (Å²) in [5, 5.41) is 0. The minimum absolute atomic E-state index is 0. The fraction of sp³-hybridized carbons (Fsp3) is 0.381. The standard InChI is InChI=1S/C21H28N4O.ClH/c1-23(21(26)19-9-7-18(17-22)8-10-19)11-12-24-13-15-25(16-14-24)20-5-3-2-4-6-20;/h2-10H,11-17,22H2,1H3;1H. The highest BCUT2D eigenvalue weighted by Gasteiger charge is 2.18. The molecule has 0 unspecified atom stereocenters. The molecule has 2 N–H and O–H groups in total. The van der Waals surface area contributed by atoms with Gasteiger partial charge in [0, 0.05) is 64.1 Å². The number of likely N-dealkylation sites (N-methyl/N-ethyl adjacent to an activating group) is 1. The molecule has 1 fully saturated rings. The highest BCUT2D eigenvalue weighted by Crippen LogP contribution is 2.15. The molecule has 2 aromatic carbocycles. The van der Waals surface area contributed by atoms with Gasteiger partial charge in [-0.15, -0.1) is 12.4 Å². The van der Waals surface area contributed by atoms with Crippen molar-refractivity contribution in [3.63, 3.8) is 0 Å². The normalized spacial score (nSPS) is 14.5. The Hall–Kier alpha value is -2.08. The van der Waals surface area contributed by atoms with Gasteiger partial charge in [-0.1, -0.05) is 30.3 Å². The number of carbonyl (C=O) groups is 1. The molecule has 0 bridgehead atoms. The van der Waals surface area contributed by atoms with E-state index in [1.165, 1.54) is 5.69 Å². The van der Waals surface area contributed by atoms with Gasteiger partial charge in [-0.05, 0) is 29.8 Å². The first-order valence-electron chi connectivity index (χ1n) is 9.24. The topological polar surface area (TPSA) is 52.8 Å². The molecule has 0 aromatic heterocycles. The number of nitrogens with zero attached hydrogens (tertiary/aromatic N) is 3. The number of rotatable bonds is 6. The van der Waals surface area contributed by atoms with Crippen molar-refractivity contribution in [1.82, 2.24) is 9.80 Å². The summed E-state index contributed by atoms with van der Waals surface area (Å²) >= 11 is 0. The molecule has 0 atom stereocenters. The van der Waals surface area contributed by atoms with Gasteiger partial charge in [-0.3, -0.25) is 9.69 Å². The van der Waals surface area contributed by atoms with Gasteiger partial charge >= 0.3 is 0 Å². The van der Waals surface area contributed by atoms with Crippen molar-refractivity contribution < 1.29 is 4.79 Å². The average Bonchev–Trinajstić information content (AvgIpc) is 2.72. The molecule has 3 rings (SSSR count). The molecule has 0 radical (unpaired) electrons. The van der Waals surface area contributed by atoms with Crippen LogP contribution in [0.2, 0.25) is 0 Å². The van der Waals surface area contributed by atoms with Crippen LogP contribution in [0.4, 0.5) is 5.69 Å². The molecular weight excluding hydrogens is 360 g/mol. The van der Waals surface area contributed by atoms with E-state index in [4.69, 9.17) is 5.73 Å². The molecule has 146 valence electrons. The lowest BCUT2D eigenvalue weighted by atomic mass is 10.1. The third-order valence-electron chi connectivity index (χ3n) is 5.03. The van der Waals surface area contributed by atoms with Crippen LogP contribution in [0.15, 0.2) is 54.6 Å². The maximum absolute atomic E-state index is 12.5. The first kappa shape index (κ1) is 21.2. The van der Waals surface area contributed by atoms with Crippen molar-refractivity contribution in [1.29, 1.82) is 0 Å². The Bertz CT molecular complexity index is 700. The summed E-state index contributed by atoms with van der Waals surface area (Å²) in [5.74, 6) is 0.0662. The van der Waals surface area contributed by atoms with Gasteiger partial charge in [-0.25, -0.2) is 0 Å². The highest BCUT2D eigenvalue weighted by molar-refractivity contribution is 5.94. The van der Waals surface area contributed by atoms with Crippen LogP contribution < -0.4 is 10.6 Å². The number of hydrogen-bond donors (Lipinski definition) is 1. The first-order chi connectivity index (χ1) is 12.7. The van der Waals surface area contributed by atoms with Gasteiger partial charge in [0.25, 0.3) is 5.91 Å². The molecule has 1 saturated heterocycles. The summed E-state index contributed by atoms with van der Waals surface area (Å²) in [6.45, 7) is 6.27. The summed E-state index contributed by atoms with van der Waals surface area (Å²) in [6, 6.07) is 18.1. The largest absolute Gasteiger partial charge is 0.369 e. The number of nitrogens with two attached hydrogens (primary N) is 1. The van der Waals surface area contributed by atoms with Crippen LogP contribution in [0.5, 0.6) is 0 Å². The van der Waals surface area contributed by atoms with Gasteiger partial charge in [0.2, 0.25) is 0 Å². The van der Waals surface area contributed by atoms with E-state index in [1.807, 2.05) is 31.3 Å². The quantitative estimate of drug-likeness (QED) is 0.825. The number of carbonyl (C=O) groups excluding carboxylic acids is 1. The summed E-state index contributed by atoms with van der Waals surface area (Å²) in [4.78, 5) is 19.2. The highest BCUT2D eigenvalue weighted by atomic mass is 35.5. The summed E-state index contributed by atoms with van der Waals surface area (Å²) < 4.78 is 0. The van der Waals surface area contributed by atoms with Gasteiger partial charge in [0.15, 0.2) is 0 Å². The van der Waals surface area contributed by atoms with E-state index in [1.54, 1.807) is 4.90 Å². The van der Waals surface area contributed by atoms with Crippen molar-refractivity contribution in [3.05, 3.63) is 65.7 Å². The molecule has 0 saturated carbocycles. The zero-order chi connectivity index (χ0) is 18.4. The van der Waals surface area contributed by atoms with Gasteiger partial charge in [-0.2, -0.15) is 0 Å². The summed E-state index contributed by atoms with van der Waals surface area (Å²) in [6.07, 6.45) is 0. The third-order valence-corrected chi connectivity index (χ3v) is 5.03. The van der Waals surface area contributed by atoms with E-state index in [9.17, 15) is 4.79 Å². The van der Waals surface area contributed by atoms with Gasteiger partial charge in [0.05, 0.1) is 0 Å². The number of amides is 1. The summed E-state index contributed by atoms with van der Waals surface area (Å²) in [5.41, 5.74) is 8.66. The van der Waals surface area contributed by atoms with E-state index < -0.39 is 0 Å². The van der Waals surface area contributed by atoms with Gasteiger partial charge < -0.3 is 15.5 Å². The number of anilines is 1. The molecular formula is C21H29ClN4O. The predicted octanol–water partition coefficient (Wildman–Crippen LogP) is 2.46. The van der Waals surface area contributed by atoms with Crippen LogP contribution >= 0.6 is 12.4 Å². The minimum atomic E-state index is 0. The van der Waals surface area contributed by atoms with Crippen LogP contribution in [0.3, 0.4) is 0 Å². The van der Waals surface area contributed by atoms with E-state index >= 15 is 0 Å². The molecule has 0 aliphatic carbocycles. The van der Waals surface area contributed by atoms with Crippen molar-refractivity contribution in [3.8, 4) is 0 Å². The monoisotopic (exact) mass is 388 g/mol. The second-order valence-corrected chi connectivity index (χ2v) is 6.79. The predicted molar refractivity (Wildman–Crippen MR) is 114 cm³/mol. The SMILES string of the molecule is CN(CCN1CCN(c2ccccc2)CC1)C(=O)c1ccc(CN)cc1.Cl. The zero-order valence-corrected chi connectivity index (χ0v) is 16.7. The van der Waals surface area contributed by atoms with E-state index in [2.05, 4.69) is 40.1 Å². The molecule has 1 aliphatic rings. The fourth-order valence-electron chi connectivity index (χ4n) is 3.27. The van der Waals surface area contributed by atoms with Crippen LogP contribution in [0.1, 0.15) is 15.9 Å². The number of halogens is 1. The van der Waals surface area contributed by atoms with Gasteiger partial charge in [0.1, 0.15) is 0 Å². The molecule has 1 aliphatic heterocycles. The Kier molecular flexibility index (Phi) is 8.10. The third kappa shape index (κ3) is 5.70. The van der Waals surface area contributed by atoms with E-state index in [0.717, 1.165) is 50.4 Å².